The molecule has 1 aromatic carbocycles. The molecular formula is C14H20F2N2. The van der Waals surface area contributed by atoms with E-state index in [1.165, 1.54) is 24.6 Å². The highest BCUT2D eigenvalue weighted by molar-refractivity contribution is 5.23. The number of hydrogen-bond donors (Lipinski definition) is 1. The number of hydrogen-bond acceptors (Lipinski definition) is 2. The molecule has 0 aliphatic carbocycles. The van der Waals surface area contributed by atoms with E-state index >= 15 is 0 Å². The second-order valence-corrected chi connectivity index (χ2v) is 5.08. The van der Waals surface area contributed by atoms with Crippen LogP contribution < -0.4 is 5.73 Å². The highest BCUT2D eigenvalue weighted by Gasteiger charge is 2.23. The highest BCUT2D eigenvalue weighted by Crippen LogP contribution is 2.23. The third-order valence-corrected chi connectivity index (χ3v) is 3.74. The summed E-state index contributed by atoms with van der Waals surface area (Å²) >= 11 is 0. The van der Waals surface area contributed by atoms with Crippen LogP contribution in [0.15, 0.2) is 18.2 Å². The number of nitrogens with two attached hydrogens (primary N) is 1. The summed E-state index contributed by atoms with van der Waals surface area (Å²) in [5.74, 6) is -1.10. The lowest BCUT2D eigenvalue weighted by molar-refractivity contribution is 0.150. The Balaban J connectivity index is 2.09. The van der Waals surface area contributed by atoms with Gasteiger partial charge in [-0.15, -0.1) is 0 Å². The van der Waals surface area contributed by atoms with Crippen LogP contribution in [0.3, 0.4) is 0 Å². The fourth-order valence-electron chi connectivity index (χ4n) is 2.64. The Hall–Kier alpha value is -1.00. The zero-order chi connectivity index (χ0) is 13.1. The van der Waals surface area contributed by atoms with Gasteiger partial charge < -0.3 is 5.73 Å². The van der Waals surface area contributed by atoms with Crippen LogP contribution in [-0.2, 0) is 0 Å². The van der Waals surface area contributed by atoms with Crippen molar-refractivity contribution in [3.63, 3.8) is 0 Å². The molecule has 2 N–H and O–H groups in total. The van der Waals surface area contributed by atoms with Crippen LogP contribution in [0.1, 0.15) is 37.8 Å². The van der Waals surface area contributed by atoms with Gasteiger partial charge in [0, 0.05) is 24.2 Å². The van der Waals surface area contributed by atoms with Crippen molar-refractivity contribution in [1.29, 1.82) is 0 Å². The molecule has 1 heterocycles. The fourth-order valence-corrected chi connectivity index (χ4v) is 2.64. The standard InChI is InChI=1S/C14H20F2N2/c1-10-5-2-3-8-18(10)9-13(17)14-11(15)6-4-7-12(14)16/h4,6-7,10,13H,2-3,5,8-9,17H2,1H3. The van der Waals surface area contributed by atoms with Gasteiger partial charge in [0.15, 0.2) is 0 Å². The van der Waals surface area contributed by atoms with Gasteiger partial charge in [-0.25, -0.2) is 8.78 Å². The van der Waals surface area contributed by atoms with Crippen molar-refractivity contribution in [2.75, 3.05) is 13.1 Å². The highest BCUT2D eigenvalue weighted by atomic mass is 19.1. The van der Waals surface area contributed by atoms with Crippen molar-refractivity contribution in [1.82, 2.24) is 4.90 Å². The Morgan fingerprint density at radius 1 is 1.33 bits per heavy atom. The molecule has 2 atom stereocenters. The third kappa shape index (κ3) is 2.87. The molecule has 0 amide bonds. The van der Waals surface area contributed by atoms with Crippen LogP contribution in [0, 0.1) is 11.6 Å². The largest absolute Gasteiger partial charge is 0.323 e. The van der Waals surface area contributed by atoms with Crippen LogP contribution in [0.2, 0.25) is 0 Å². The van der Waals surface area contributed by atoms with Gasteiger partial charge in [-0.05, 0) is 38.4 Å². The first-order valence-corrected chi connectivity index (χ1v) is 6.53. The van der Waals surface area contributed by atoms with E-state index in [0.29, 0.717) is 12.6 Å². The van der Waals surface area contributed by atoms with Crippen molar-refractivity contribution < 1.29 is 8.78 Å². The summed E-state index contributed by atoms with van der Waals surface area (Å²) in [5.41, 5.74) is 5.98. The zero-order valence-corrected chi connectivity index (χ0v) is 10.7. The van der Waals surface area contributed by atoms with Gasteiger partial charge in [0.1, 0.15) is 11.6 Å². The first-order valence-electron chi connectivity index (χ1n) is 6.53. The van der Waals surface area contributed by atoms with E-state index in [9.17, 15) is 8.78 Å². The summed E-state index contributed by atoms with van der Waals surface area (Å²) in [5, 5.41) is 0. The predicted molar refractivity (Wildman–Crippen MR) is 68.2 cm³/mol. The van der Waals surface area contributed by atoms with Gasteiger partial charge in [0.25, 0.3) is 0 Å². The van der Waals surface area contributed by atoms with Gasteiger partial charge in [-0.3, -0.25) is 4.90 Å². The molecule has 100 valence electrons. The summed E-state index contributed by atoms with van der Waals surface area (Å²) in [6.07, 6.45) is 3.49. The third-order valence-electron chi connectivity index (χ3n) is 3.74. The molecule has 2 unspecified atom stereocenters. The quantitative estimate of drug-likeness (QED) is 0.898. The van der Waals surface area contributed by atoms with Crippen LogP contribution in [0.4, 0.5) is 8.78 Å². The smallest absolute Gasteiger partial charge is 0.130 e. The molecule has 18 heavy (non-hydrogen) atoms. The zero-order valence-electron chi connectivity index (χ0n) is 10.7. The first kappa shape index (κ1) is 13.4. The fraction of sp³-hybridized carbons (Fsp3) is 0.571. The molecule has 0 radical (unpaired) electrons. The lowest BCUT2D eigenvalue weighted by Gasteiger charge is -2.35. The molecule has 0 saturated carbocycles. The van der Waals surface area contributed by atoms with Crippen LogP contribution in [0.25, 0.3) is 0 Å². The summed E-state index contributed by atoms with van der Waals surface area (Å²) in [6, 6.07) is 3.73. The van der Waals surface area contributed by atoms with Gasteiger partial charge in [-0.2, -0.15) is 0 Å². The number of piperidine rings is 1. The second-order valence-electron chi connectivity index (χ2n) is 5.08. The average molecular weight is 254 g/mol. The second kappa shape index (κ2) is 5.76. The minimum atomic E-state index is -0.605. The molecule has 1 aromatic rings. The maximum Gasteiger partial charge on any atom is 0.130 e. The van der Waals surface area contributed by atoms with Crippen LogP contribution >= 0.6 is 0 Å². The molecule has 0 bridgehead atoms. The van der Waals surface area contributed by atoms with Crippen LogP contribution in [0.5, 0.6) is 0 Å². The van der Waals surface area contributed by atoms with E-state index < -0.39 is 17.7 Å². The Bertz CT molecular complexity index is 389. The maximum absolute atomic E-state index is 13.6. The van der Waals surface area contributed by atoms with Gasteiger partial charge >= 0.3 is 0 Å². The minimum absolute atomic E-state index is 0.00951. The van der Waals surface area contributed by atoms with Crippen molar-refractivity contribution >= 4 is 0 Å². The molecule has 1 fully saturated rings. The molecule has 1 aliphatic rings. The van der Waals surface area contributed by atoms with Gasteiger partial charge in [0.05, 0.1) is 0 Å². The van der Waals surface area contributed by atoms with Crippen molar-refractivity contribution in [2.45, 2.75) is 38.3 Å². The Kier molecular flexibility index (Phi) is 4.30. The lowest BCUT2D eigenvalue weighted by Crippen LogP contribution is -2.42. The number of halogens is 2. The average Bonchev–Trinajstić information content (AvgIpc) is 2.32. The number of likely N-dealkylation sites (tertiary alicyclic amines) is 1. The number of benzene rings is 1. The number of rotatable bonds is 3. The SMILES string of the molecule is CC1CCCCN1CC(N)c1c(F)cccc1F. The van der Waals surface area contributed by atoms with Gasteiger partial charge in [0.2, 0.25) is 0 Å². The van der Waals surface area contributed by atoms with E-state index in [1.807, 2.05) is 0 Å². The first-order chi connectivity index (χ1) is 8.59. The Morgan fingerprint density at radius 3 is 2.61 bits per heavy atom. The monoisotopic (exact) mass is 254 g/mol. The Labute approximate surface area is 107 Å². The van der Waals surface area contributed by atoms with Gasteiger partial charge in [-0.1, -0.05) is 12.5 Å². The topological polar surface area (TPSA) is 29.3 Å². The summed E-state index contributed by atoms with van der Waals surface area (Å²) < 4.78 is 27.2. The number of nitrogens with zero attached hydrogens (tertiary/aromatic N) is 1. The molecule has 2 rings (SSSR count). The maximum atomic E-state index is 13.6. The van der Waals surface area contributed by atoms with Crippen molar-refractivity contribution in [3.8, 4) is 0 Å². The molecule has 1 aliphatic heterocycles. The molecule has 0 aromatic heterocycles. The summed E-state index contributed by atoms with van der Waals surface area (Å²) in [4.78, 5) is 2.22. The molecule has 0 spiro atoms. The minimum Gasteiger partial charge on any atom is -0.323 e. The van der Waals surface area contributed by atoms with E-state index in [1.54, 1.807) is 0 Å². The van der Waals surface area contributed by atoms with E-state index in [-0.39, 0.29) is 5.56 Å². The lowest BCUT2D eigenvalue weighted by atomic mass is 10.0. The molecular weight excluding hydrogens is 234 g/mol. The molecule has 2 nitrogen and oxygen atoms in total. The molecule has 1 saturated heterocycles. The van der Waals surface area contributed by atoms with Crippen LogP contribution in [-0.4, -0.2) is 24.0 Å². The van der Waals surface area contributed by atoms with Crippen molar-refractivity contribution in [3.05, 3.63) is 35.4 Å². The van der Waals surface area contributed by atoms with E-state index in [4.69, 9.17) is 5.73 Å². The summed E-state index contributed by atoms with van der Waals surface area (Å²) in [7, 11) is 0. The van der Waals surface area contributed by atoms with E-state index in [0.717, 1.165) is 19.4 Å². The van der Waals surface area contributed by atoms with E-state index in [2.05, 4.69) is 11.8 Å². The normalized spacial score (nSPS) is 23.0. The molecule has 4 heteroatoms. The summed E-state index contributed by atoms with van der Waals surface area (Å²) in [6.45, 7) is 3.62. The Morgan fingerprint density at radius 2 is 2.00 bits per heavy atom. The predicted octanol–water partition coefficient (Wildman–Crippen LogP) is 2.84. The van der Waals surface area contributed by atoms with Crippen molar-refractivity contribution in [2.24, 2.45) is 5.73 Å².